The summed E-state index contributed by atoms with van der Waals surface area (Å²) in [7, 11) is 0. The van der Waals surface area contributed by atoms with Gasteiger partial charge in [-0.3, -0.25) is 4.79 Å². The second-order valence-corrected chi connectivity index (χ2v) is 7.88. The van der Waals surface area contributed by atoms with Crippen LogP contribution in [0.5, 0.6) is 0 Å². The molecule has 2 heterocycles. The molecule has 166 valence electrons. The van der Waals surface area contributed by atoms with Crippen LogP contribution in [0.3, 0.4) is 0 Å². The maximum Gasteiger partial charge on any atom is 0.219 e. The minimum atomic E-state index is -0.285. The molecule has 7 nitrogen and oxygen atoms in total. The molecule has 32 heavy (non-hydrogen) atoms. The molecule has 1 unspecified atom stereocenters. The third-order valence-electron chi connectivity index (χ3n) is 5.80. The lowest BCUT2D eigenvalue weighted by molar-refractivity contribution is -0.130. The lowest BCUT2D eigenvalue weighted by Gasteiger charge is -2.34. The smallest absolute Gasteiger partial charge is 0.219 e. The Hall–Kier alpha value is -3.68. The zero-order valence-corrected chi connectivity index (χ0v) is 18.2. The van der Waals surface area contributed by atoms with E-state index in [1.165, 1.54) is 6.07 Å². The molecular weight excluding hydrogens is 409 g/mol. The Morgan fingerprint density at radius 2 is 1.78 bits per heavy atom. The van der Waals surface area contributed by atoms with Gasteiger partial charge in [0.25, 0.3) is 0 Å². The lowest BCUT2D eigenvalue weighted by Crippen LogP contribution is -2.52. The maximum atomic E-state index is 14.8. The van der Waals surface area contributed by atoms with Crippen molar-refractivity contribution in [2.75, 3.05) is 26.2 Å². The van der Waals surface area contributed by atoms with Crippen LogP contribution in [0.15, 0.2) is 64.1 Å². The van der Waals surface area contributed by atoms with Crippen LogP contribution in [0.25, 0.3) is 11.1 Å². The number of benzene rings is 2. The van der Waals surface area contributed by atoms with Gasteiger partial charge in [0, 0.05) is 50.7 Å². The Kier molecular flexibility index (Phi) is 6.20. The van der Waals surface area contributed by atoms with E-state index in [1.807, 2.05) is 48.2 Å². The number of guanidine groups is 1. The van der Waals surface area contributed by atoms with E-state index in [4.69, 9.17) is 10.3 Å². The largest absolute Gasteiger partial charge is 0.369 e. The normalized spacial score (nSPS) is 15.7. The molecule has 3 aromatic rings. The predicted molar refractivity (Wildman–Crippen MR) is 121 cm³/mol. The first kappa shape index (κ1) is 21.5. The van der Waals surface area contributed by atoms with E-state index < -0.39 is 0 Å². The molecule has 1 aliphatic heterocycles. The molecule has 1 atom stereocenters. The number of carbonyl (C=O) groups excluding carboxylic acids is 1. The molecule has 1 aliphatic rings. The van der Waals surface area contributed by atoms with Crippen LogP contribution < -0.4 is 5.73 Å². The van der Waals surface area contributed by atoms with Crippen LogP contribution in [-0.4, -0.2) is 53.0 Å². The highest BCUT2D eigenvalue weighted by molar-refractivity contribution is 5.81. The van der Waals surface area contributed by atoms with Crippen molar-refractivity contribution in [3.8, 4) is 11.1 Å². The predicted octanol–water partition coefficient (Wildman–Crippen LogP) is 3.74. The Balaban J connectivity index is 1.46. The van der Waals surface area contributed by atoms with Gasteiger partial charge >= 0.3 is 0 Å². The highest BCUT2D eigenvalue weighted by Crippen LogP contribution is 2.30. The Bertz CT molecular complexity index is 1120. The molecular formula is C24H26FN5O2. The summed E-state index contributed by atoms with van der Waals surface area (Å²) in [5.41, 5.74) is 8.30. The summed E-state index contributed by atoms with van der Waals surface area (Å²) in [5.74, 6) is 0.838. The van der Waals surface area contributed by atoms with Gasteiger partial charge in [0.15, 0.2) is 11.8 Å². The van der Waals surface area contributed by atoms with Gasteiger partial charge in [-0.15, -0.1) is 0 Å². The number of carbonyl (C=O) groups is 1. The average Bonchev–Trinajstić information content (AvgIpc) is 3.27. The van der Waals surface area contributed by atoms with Crippen molar-refractivity contribution in [2.45, 2.75) is 19.8 Å². The van der Waals surface area contributed by atoms with Crippen molar-refractivity contribution in [2.24, 2.45) is 10.7 Å². The molecule has 2 N–H and O–H groups in total. The molecule has 1 amide bonds. The molecule has 0 aliphatic carbocycles. The number of amides is 1. The summed E-state index contributed by atoms with van der Waals surface area (Å²) >= 11 is 0. The van der Waals surface area contributed by atoms with Gasteiger partial charge in [-0.2, -0.15) is 4.99 Å². The number of halogens is 1. The summed E-state index contributed by atoms with van der Waals surface area (Å²) in [5, 5.41) is 4.00. The van der Waals surface area contributed by atoms with Crippen LogP contribution >= 0.6 is 0 Å². The summed E-state index contributed by atoms with van der Waals surface area (Å²) < 4.78 is 20.2. The van der Waals surface area contributed by atoms with Gasteiger partial charge in [0.1, 0.15) is 11.6 Å². The fourth-order valence-corrected chi connectivity index (χ4v) is 3.79. The average molecular weight is 436 g/mol. The number of rotatable bonds is 4. The number of aromatic nitrogens is 1. The monoisotopic (exact) mass is 435 g/mol. The van der Waals surface area contributed by atoms with Crippen LogP contribution in [0.2, 0.25) is 0 Å². The minimum Gasteiger partial charge on any atom is -0.369 e. The quantitative estimate of drug-likeness (QED) is 0.498. The van der Waals surface area contributed by atoms with E-state index in [9.17, 15) is 9.18 Å². The van der Waals surface area contributed by atoms with Crippen molar-refractivity contribution in [1.29, 1.82) is 0 Å². The molecule has 8 heteroatoms. The van der Waals surface area contributed by atoms with Crippen molar-refractivity contribution < 1.29 is 13.7 Å². The van der Waals surface area contributed by atoms with Gasteiger partial charge < -0.3 is 20.1 Å². The summed E-state index contributed by atoms with van der Waals surface area (Å²) in [6, 6.07) is 16.4. The van der Waals surface area contributed by atoms with Gasteiger partial charge in [0.2, 0.25) is 5.91 Å². The number of hydrogen-bond acceptors (Lipinski definition) is 4. The Morgan fingerprint density at radius 3 is 2.44 bits per heavy atom. The topological polar surface area (TPSA) is 88.0 Å². The van der Waals surface area contributed by atoms with Crippen molar-refractivity contribution >= 4 is 17.7 Å². The summed E-state index contributed by atoms with van der Waals surface area (Å²) in [4.78, 5) is 19.5. The number of nitrogens with two attached hydrogens (primary N) is 1. The van der Waals surface area contributed by atoms with Gasteiger partial charge in [-0.25, -0.2) is 4.39 Å². The van der Waals surface area contributed by atoms with Crippen molar-refractivity contribution in [1.82, 2.24) is 15.0 Å². The SMILES string of the molecule is CC(=O)N1CCN(/C(N)=N\c2cc(C(C)c3ccc(-c4ccccc4)c(F)c3)on2)CC1. The second-order valence-electron chi connectivity index (χ2n) is 7.88. The Morgan fingerprint density at radius 1 is 1.09 bits per heavy atom. The van der Waals surface area contributed by atoms with E-state index in [-0.39, 0.29) is 17.6 Å². The lowest BCUT2D eigenvalue weighted by atomic mass is 9.95. The first-order valence-electron chi connectivity index (χ1n) is 10.6. The third kappa shape index (κ3) is 4.64. The molecule has 1 saturated heterocycles. The zero-order valence-electron chi connectivity index (χ0n) is 18.2. The first-order chi connectivity index (χ1) is 15.4. The standard InChI is InChI=1S/C24H26FN5O2/c1-16(19-8-9-20(21(25)14-19)18-6-4-3-5-7-18)22-15-23(28-32-22)27-24(26)30-12-10-29(11-13-30)17(2)31/h3-9,14-16H,10-13H2,1-2H3,(H2,26,27,28). The van der Waals surface area contributed by atoms with E-state index in [0.29, 0.717) is 49.3 Å². The van der Waals surface area contributed by atoms with E-state index in [1.54, 1.807) is 24.0 Å². The molecule has 1 aromatic heterocycles. The van der Waals surface area contributed by atoms with E-state index >= 15 is 0 Å². The zero-order chi connectivity index (χ0) is 22.7. The minimum absolute atomic E-state index is 0.0588. The van der Waals surface area contributed by atoms with Crippen LogP contribution in [0.4, 0.5) is 10.2 Å². The van der Waals surface area contributed by atoms with Crippen LogP contribution in [-0.2, 0) is 4.79 Å². The second kappa shape index (κ2) is 9.21. The molecule has 0 saturated carbocycles. The molecule has 4 rings (SSSR count). The third-order valence-corrected chi connectivity index (χ3v) is 5.80. The van der Waals surface area contributed by atoms with E-state index in [0.717, 1.165) is 11.1 Å². The first-order valence-corrected chi connectivity index (χ1v) is 10.6. The number of aliphatic imine (C=N–C) groups is 1. The fourth-order valence-electron chi connectivity index (χ4n) is 3.79. The van der Waals surface area contributed by atoms with Crippen molar-refractivity contribution in [3.63, 3.8) is 0 Å². The van der Waals surface area contributed by atoms with Crippen LogP contribution in [0, 0.1) is 5.82 Å². The molecule has 1 fully saturated rings. The molecule has 0 spiro atoms. The number of nitrogens with zero attached hydrogens (tertiary/aromatic N) is 4. The van der Waals surface area contributed by atoms with Gasteiger partial charge in [0.05, 0.1) is 0 Å². The van der Waals surface area contributed by atoms with Crippen LogP contribution in [0.1, 0.15) is 31.1 Å². The van der Waals surface area contributed by atoms with E-state index in [2.05, 4.69) is 10.1 Å². The molecule has 0 radical (unpaired) electrons. The molecule has 0 bridgehead atoms. The Labute approximate surface area is 186 Å². The highest BCUT2D eigenvalue weighted by Gasteiger charge is 2.21. The maximum absolute atomic E-state index is 14.8. The summed E-state index contributed by atoms with van der Waals surface area (Å²) in [6.45, 7) is 5.93. The number of hydrogen-bond donors (Lipinski definition) is 1. The summed E-state index contributed by atoms with van der Waals surface area (Å²) in [6.07, 6.45) is 0. The van der Waals surface area contributed by atoms with Crippen molar-refractivity contribution in [3.05, 3.63) is 71.7 Å². The van der Waals surface area contributed by atoms with Gasteiger partial charge in [-0.1, -0.05) is 54.5 Å². The number of piperazine rings is 1. The highest BCUT2D eigenvalue weighted by atomic mass is 19.1. The fraction of sp³-hybridized carbons (Fsp3) is 0.292. The molecule has 2 aromatic carbocycles. The van der Waals surface area contributed by atoms with Gasteiger partial charge in [-0.05, 0) is 17.2 Å².